The van der Waals surface area contributed by atoms with Gasteiger partial charge in [-0.1, -0.05) is 29.8 Å². The molecule has 17 heavy (non-hydrogen) atoms. The van der Waals surface area contributed by atoms with Gasteiger partial charge in [0.2, 0.25) is 0 Å². The third kappa shape index (κ3) is 2.15. The van der Waals surface area contributed by atoms with E-state index < -0.39 is 5.82 Å². The van der Waals surface area contributed by atoms with E-state index in [-0.39, 0.29) is 16.3 Å². The highest BCUT2D eigenvalue weighted by molar-refractivity contribution is 6.31. The van der Waals surface area contributed by atoms with Gasteiger partial charge in [-0.2, -0.15) is 0 Å². The van der Waals surface area contributed by atoms with Crippen LogP contribution in [0.25, 0.3) is 11.1 Å². The lowest BCUT2D eigenvalue weighted by atomic mass is 10.0. The zero-order valence-corrected chi connectivity index (χ0v) is 9.41. The van der Waals surface area contributed by atoms with E-state index in [1.165, 1.54) is 24.3 Å². The van der Waals surface area contributed by atoms with E-state index in [4.69, 9.17) is 11.6 Å². The number of phenols is 1. The van der Waals surface area contributed by atoms with Crippen LogP contribution in [0, 0.1) is 5.82 Å². The Kier molecular flexibility index (Phi) is 3.11. The maximum absolute atomic E-state index is 13.7. The molecule has 0 spiro atoms. The summed E-state index contributed by atoms with van der Waals surface area (Å²) >= 11 is 5.67. The second-order valence-corrected chi connectivity index (χ2v) is 3.90. The Morgan fingerprint density at radius 3 is 2.71 bits per heavy atom. The average Bonchev–Trinajstić information content (AvgIpc) is 2.34. The molecular weight excluding hydrogens is 243 g/mol. The van der Waals surface area contributed by atoms with Crippen LogP contribution in [0.1, 0.15) is 10.4 Å². The Hall–Kier alpha value is -1.87. The number of phenolic OH excluding ortho intramolecular Hbond substituents is 1. The molecule has 86 valence electrons. The maximum Gasteiger partial charge on any atom is 0.153 e. The number of hydrogen-bond acceptors (Lipinski definition) is 2. The second kappa shape index (κ2) is 4.55. The molecule has 2 aromatic rings. The second-order valence-electron chi connectivity index (χ2n) is 3.49. The normalized spacial score (nSPS) is 10.2. The van der Waals surface area contributed by atoms with Crippen LogP contribution in [-0.2, 0) is 0 Å². The van der Waals surface area contributed by atoms with Crippen molar-refractivity contribution in [3.8, 4) is 16.9 Å². The van der Waals surface area contributed by atoms with Crippen LogP contribution in [0.15, 0.2) is 36.4 Å². The molecule has 2 rings (SSSR count). The predicted octanol–water partition coefficient (Wildman–Crippen LogP) is 3.66. The average molecular weight is 251 g/mol. The van der Waals surface area contributed by atoms with Gasteiger partial charge in [0.05, 0.1) is 10.6 Å². The fourth-order valence-electron chi connectivity index (χ4n) is 1.54. The molecule has 0 bridgehead atoms. The van der Waals surface area contributed by atoms with Crippen molar-refractivity contribution in [1.29, 1.82) is 0 Å². The van der Waals surface area contributed by atoms with Crippen LogP contribution in [0.4, 0.5) is 4.39 Å². The first-order valence-electron chi connectivity index (χ1n) is 4.86. The van der Waals surface area contributed by atoms with Gasteiger partial charge in [-0.3, -0.25) is 4.79 Å². The summed E-state index contributed by atoms with van der Waals surface area (Å²) in [6.45, 7) is 0. The van der Waals surface area contributed by atoms with Crippen molar-refractivity contribution in [2.75, 3.05) is 0 Å². The first-order valence-corrected chi connectivity index (χ1v) is 5.24. The lowest BCUT2D eigenvalue weighted by molar-refractivity contribution is 0.112. The van der Waals surface area contributed by atoms with E-state index in [1.54, 1.807) is 12.1 Å². The lowest BCUT2D eigenvalue weighted by Gasteiger charge is -2.06. The van der Waals surface area contributed by atoms with Crippen LogP contribution >= 0.6 is 11.6 Å². The van der Waals surface area contributed by atoms with Gasteiger partial charge in [0.25, 0.3) is 0 Å². The highest BCUT2D eigenvalue weighted by Gasteiger charge is 2.10. The summed E-state index contributed by atoms with van der Waals surface area (Å²) in [4.78, 5) is 10.7. The number of benzene rings is 2. The number of carbonyl (C=O) groups excluding carboxylic acids is 1. The molecule has 4 heteroatoms. The zero-order chi connectivity index (χ0) is 12.4. The summed E-state index contributed by atoms with van der Waals surface area (Å²) < 4.78 is 13.7. The molecule has 1 N–H and O–H groups in total. The minimum atomic E-state index is -0.545. The fourth-order valence-corrected chi connectivity index (χ4v) is 1.72. The summed E-state index contributed by atoms with van der Waals surface area (Å²) in [5, 5.41) is 9.37. The van der Waals surface area contributed by atoms with Crippen molar-refractivity contribution >= 4 is 17.9 Å². The van der Waals surface area contributed by atoms with Crippen molar-refractivity contribution in [2.45, 2.75) is 0 Å². The van der Waals surface area contributed by atoms with Crippen molar-refractivity contribution in [2.24, 2.45) is 0 Å². The highest BCUT2D eigenvalue weighted by atomic mass is 35.5. The minimum absolute atomic E-state index is 0.0169. The van der Waals surface area contributed by atoms with Crippen LogP contribution in [0.5, 0.6) is 5.75 Å². The molecule has 0 aliphatic carbocycles. The molecule has 0 aliphatic rings. The van der Waals surface area contributed by atoms with Gasteiger partial charge in [-0.05, 0) is 23.8 Å². The molecule has 0 unspecified atom stereocenters. The van der Waals surface area contributed by atoms with E-state index in [0.29, 0.717) is 17.4 Å². The van der Waals surface area contributed by atoms with Crippen LogP contribution < -0.4 is 0 Å². The van der Waals surface area contributed by atoms with Crippen LogP contribution in [-0.4, -0.2) is 11.4 Å². The molecule has 0 amide bonds. The zero-order valence-electron chi connectivity index (χ0n) is 8.65. The first-order chi connectivity index (χ1) is 8.13. The molecule has 0 radical (unpaired) electrons. The molecule has 0 heterocycles. The first kappa shape index (κ1) is 11.6. The lowest BCUT2D eigenvalue weighted by Crippen LogP contribution is -1.88. The van der Waals surface area contributed by atoms with Gasteiger partial charge in [-0.25, -0.2) is 4.39 Å². The summed E-state index contributed by atoms with van der Waals surface area (Å²) in [7, 11) is 0. The summed E-state index contributed by atoms with van der Waals surface area (Å²) in [6.07, 6.45) is 0.515. The predicted molar refractivity (Wildman–Crippen MR) is 63.9 cm³/mol. The monoisotopic (exact) mass is 250 g/mol. The third-order valence-electron chi connectivity index (χ3n) is 2.42. The quantitative estimate of drug-likeness (QED) is 0.826. The van der Waals surface area contributed by atoms with E-state index in [2.05, 4.69) is 0 Å². The summed E-state index contributed by atoms with van der Waals surface area (Å²) in [6, 6.07) is 8.91. The Balaban J connectivity index is 2.61. The Morgan fingerprint density at radius 2 is 2.00 bits per heavy atom. The smallest absolute Gasteiger partial charge is 0.153 e. The number of hydrogen-bond donors (Lipinski definition) is 1. The molecule has 0 aromatic heterocycles. The molecule has 2 nitrogen and oxygen atoms in total. The molecule has 0 saturated carbocycles. The topological polar surface area (TPSA) is 37.3 Å². The number of aldehydes is 1. The van der Waals surface area contributed by atoms with Crippen molar-refractivity contribution in [1.82, 2.24) is 0 Å². The van der Waals surface area contributed by atoms with Crippen molar-refractivity contribution in [3.05, 3.63) is 52.8 Å². The SMILES string of the molecule is O=Cc1cc(-c2cccc(Cl)c2F)ccc1O. The van der Waals surface area contributed by atoms with Crippen molar-refractivity contribution < 1.29 is 14.3 Å². The van der Waals surface area contributed by atoms with Crippen molar-refractivity contribution in [3.63, 3.8) is 0 Å². The van der Waals surface area contributed by atoms with E-state index in [0.717, 1.165) is 0 Å². The van der Waals surface area contributed by atoms with Gasteiger partial charge < -0.3 is 5.11 Å². The third-order valence-corrected chi connectivity index (χ3v) is 2.71. The van der Waals surface area contributed by atoms with Gasteiger partial charge >= 0.3 is 0 Å². The standard InChI is InChI=1S/C13H8ClFO2/c14-11-3-1-2-10(13(11)15)8-4-5-12(17)9(6-8)7-16/h1-7,17H. The van der Waals surface area contributed by atoms with E-state index in [1.807, 2.05) is 0 Å². The van der Waals surface area contributed by atoms with E-state index in [9.17, 15) is 14.3 Å². The molecule has 0 saturated heterocycles. The maximum atomic E-state index is 13.7. The number of aromatic hydroxyl groups is 1. The van der Waals surface area contributed by atoms with E-state index >= 15 is 0 Å². The largest absolute Gasteiger partial charge is 0.507 e. The number of rotatable bonds is 2. The van der Waals surface area contributed by atoms with Gasteiger partial charge in [0.15, 0.2) is 6.29 Å². The molecular formula is C13H8ClFO2. The highest BCUT2D eigenvalue weighted by Crippen LogP contribution is 2.30. The molecule has 0 aliphatic heterocycles. The fraction of sp³-hybridized carbons (Fsp3) is 0. The van der Waals surface area contributed by atoms with Gasteiger partial charge in [0.1, 0.15) is 11.6 Å². The van der Waals surface area contributed by atoms with Gasteiger partial charge in [-0.15, -0.1) is 0 Å². The molecule has 0 fully saturated rings. The van der Waals surface area contributed by atoms with Gasteiger partial charge in [0, 0.05) is 5.56 Å². The van der Waals surface area contributed by atoms with Crippen LogP contribution in [0.3, 0.4) is 0 Å². The minimum Gasteiger partial charge on any atom is -0.507 e. The Morgan fingerprint density at radius 1 is 1.24 bits per heavy atom. The molecule has 2 aromatic carbocycles. The summed E-state index contributed by atoms with van der Waals surface area (Å²) in [5.74, 6) is -0.678. The van der Waals surface area contributed by atoms with Crippen LogP contribution in [0.2, 0.25) is 5.02 Å². The summed E-state index contributed by atoms with van der Waals surface area (Å²) in [5.41, 5.74) is 0.896. The molecule has 0 atom stereocenters. The Labute approximate surface area is 102 Å². The number of carbonyl (C=O) groups is 1. The number of halogens is 2. The Bertz CT molecular complexity index is 582.